The van der Waals surface area contributed by atoms with Crippen LogP contribution in [0, 0.1) is 6.92 Å². The van der Waals surface area contributed by atoms with Crippen LogP contribution in [-0.2, 0) is 9.53 Å². The number of carboxylic acid groups (broad SMARTS) is 1. The number of amides is 1. The first-order valence-corrected chi connectivity index (χ1v) is 7.74. The van der Waals surface area contributed by atoms with Gasteiger partial charge in [0.1, 0.15) is 5.69 Å². The SMILES string of the molecule is Cc1ccc(-c2cc(C(=O)N3CC(C(=O)O)O[C@H](C)C3)[nH]n2)cc1. The van der Waals surface area contributed by atoms with Crippen molar-refractivity contribution in [1.82, 2.24) is 15.1 Å². The summed E-state index contributed by atoms with van der Waals surface area (Å²) in [5.74, 6) is -1.34. The van der Waals surface area contributed by atoms with Gasteiger partial charge in [0.25, 0.3) is 5.91 Å². The number of hydrogen-bond donors (Lipinski definition) is 2. The van der Waals surface area contributed by atoms with Gasteiger partial charge in [-0.2, -0.15) is 5.10 Å². The molecule has 24 heavy (non-hydrogen) atoms. The third kappa shape index (κ3) is 3.30. The Morgan fingerprint density at radius 1 is 1.29 bits per heavy atom. The van der Waals surface area contributed by atoms with Crippen LogP contribution in [0.15, 0.2) is 30.3 Å². The predicted octanol–water partition coefficient (Wildman–Crippen LogP) is 1.70. The van der Waals surface area contributed by atoms with Crippen molar-refractivity contribution in [2.24, 2.45) is 0 Å². The van der Waals surface area contributed by atoms with E-state index in [1.807, 2.05) is 31.2 Å². The Labute approximate surface area is 139 Å². The average Bonchev–Trinajstić information content (AvgIpc) is 3.04. The number of aryl methyl sites for hydroxylation is 1. The average molecular weight is 329 g/mol. The van der Waals surface area contributed by atoms with Crippen molar-refractivity contribution in [1.29, 1.82) is 0 Å². The van der Waals surface area contributed by atoms with E-state index in [0.29, 0.717) is 17.9 Å². The lowest BCUT2D eigenvalue weighted by molar-refractivity contribution is -0.160. The number of benzene rings is 1. The van der Waals surface area contributed by atoms with E-state index in [2.05, 4.69) is 10.2 Å². The molecule has 1 amide bonds. The lowest BCUT2D eigenvalue weighted by atomic mass is 10.1. The highest BCUT2D eigenvalue weighted by Crippen LogP contribution is 2.20. The van der Waals surface area contributed by atoms with Crippen LogP contribution in [-0.4, -0.2) is 57.4 Å². The van der Waals surface area contributed by atoms with Gasteiger partial charge in [-0.15, -0.1) is 0 Å². The molecule has 7 heteroatoms. The molecule has 1 unspecified atom stereocenters. The van der Waals surface area contributed by atoms with Gasteiger partial charge in [-0.25, -0.2) is 4.79 Å². The smallest absolute Gasteiger partial charge is 0.334 e. The number of carbonyl (C=O) groups is 2. The molecule has 1 aliphatic rings. The zero-order valence-corrected chi connectivity index (χ0v) is 13.5. The van der Waals surface area contributed by atoms with Gasteiger partial charge in [0, 0.05) is 12.1 Å². The number of carbonyl (C=O) groups excluding carboxylic acids is 1. The minimum atomic E-state index is -1.07. The topological polar surface area (TPSA) is 95.5 Å². The van der Waals surface area contributed by atoms with Gasteiger partial charge in [0.2, 0.25) is 0 Å². The van der Waals surface area contributed by atoms with Gasteiger partial charge >= 0.3 is 5.97 Å². The minimum Gasteiger partial charge on any atom is -0.479 e. The lowest BCUT2D eigenvalue weighted by Gasteiger charge is -2.34. The second-order valence-electron chi connectivity index (χ2n) is 6.02. The van der Waals surface area contributed by atoms with Crippen LogP contribution in [0.1, 0.15) is 23.0 Å². The van der Waals surface area contributed by atoms with Crippen molar-refractivity contribution in [2.75, 3.05) is 13.1 Å². The number of morpholine rings is 1. The minimum absolute atomic E-state index is 0.0252. The summed E-state index contributed by atoms with van der Waals surface area (Å²) in [6.45, 7) is 4.13. The van der Waals surface area contributed by atoms with Crippen LogP contribution in [0.4, 0.5) is 0 Å². The molecule has 3 rings (SSSR count). The van der Waals surface area contributed by atoms with Gasteiger partial charge in [0.15, 0.2) is 6.10 Å². The molecule has 1 saturated heterocycles. The zero-order valence-electron chi connectivity index (χ0n) is 13.5. The molecule has 0 bridgehead atoms. The summed E-state index contributed by atoms with van der Waals surface area (Å²) in [4.78, 5) is 25.2. The fraction of sp³-hybridized carbons (Fsp3) is 0.353. The van der Waals surface area contributed by atoms with Crippen LogP contribution in [0.5, 0.6) is 0 Å². The Bertz CT molecular complexity index is 753. The van der Waals surface area contributed by atoms with Crippen LogP contribution < -0.4 is 0 Å². The van der Waals surface area contributed by atoms with E-state index >= 15 is 0 Å². The Kier molecular flexibility index (Phi) is 4.35. The van der Waals surface area contributed by atoms with Gasteiger partial charge in [0.05, 0.1) is 18.3 Å². The molecule has 2 heterocycles. The Morgan fingerprint density at radius 2 is 2.00 bits per heavy atom. The molecule has 0 saturated carbocycles. The van der Waals surface area contributed by atoms with Gasteiger partial charge in [-0.3, -0.25) is 9.89 Å². The van der Waals surface area contributed by atoms with E-state index < -0.39 is 12.1 Å². The summed E-state index contributed by atoms with van der Waals surface area (Å²) in [7, 11) is 0. The zero-order chi connectivity index (χ0) is 17.3. The van der Waals surface area contributed by atoms with Gasteiger partial charge in [-0.1, -0.05) is 29.8 Å². The molecule has 2 atom stereocenters. The molecule has 1 aromatic carbocycles. The molecule has 1 aliphatic heterocycles. The molecule has 0 aliphatic carbocycles. The van der Waals surface area contributed by atoms with Crippen LogP contribution in [0.2, 0.25) is 0 Å². The van der Waals surface area contributed by atoms with Crippen LogP contribution >= 0.6 is 0 Å². The molecule has 2 aromatic rings. The third-order valence-corrected chi connectivity index (χ3v) is 3.98. The van der Waals surface area contributed by atoms with Crippen molar-refractivity contribution in [3.8, 4) is 11.3 Å². The second kappa shape index (κ2) is 6.45. The standard InChI is InChI=1S/C17H19N3O4/c1-10-3-5-12(6-4-10)13-7-14(19-18-13)16(21)20-8-11(2)24-15(9-20)17(22)23/h3-7,11,15H,8-9H2,1-2H3,(H,18,19)(H,22,23)/t11-,15?/m1/s1. The summed E-state index contributed by atoms with van der Waals surface area (Å²) >= 11 is 0. The van der Waals surface area contributed by atoms with Crippen molar-refractivity contribution < 1.29 is 19.4 Å². The number of aliphatic carboxylic acids is 1. The van der Waals surface area contributed by atoms with E-state index in [0.717, 1.165) is 11.1 Å². The number of nitrogens with one attached hydrogen (secondary N) is 1. The second-order valence-corrected chi connectivity index (χ2v) is 6.02. The van der Waals surface area contributed by atoms with E-state index in [1.54, 1.807) is 13.0 Å². The Balaban J connectivity index is 1.78. The molecule has 126 valence electrons. The molecular weight excluding hydrogens is 310 g/mol. The van der Waals surface area contributed by atoms with E-state index in [1.165, 1.54) is 4.90 Å². The molecule has 0 radical (unpaired) electrons. The highest BCUT2D eigenvalue weighted by atomic mass is 16.5. The monoisotopic (exact) mass is 329 g/mol. The number of rotatable bonds is 3. The van der Waals surface area contributed by atoms with E-state index in [-0.39, 0.29) is 18.6 Å². The highest BCUT2D eigenvalue weighted by Gasteiger charge is 2.33. The van der Waals surface area contributed by atoms with Crippen molar-refractivity contribution in [2.45, 2.75) is 26.1 Å². The fourth-order valence-corrected chi connectivity index (χ4v) is 2.73. The number of carboxylic acids is 1. The fourth-order valence-electron chi connectivity index (χ4n) is 2.73. The maximum atomic E-state index is 12.6. The maximum Gasteiger partial charge on any atom is 0.334 e. The quantitative estimate of drug-likeness (QED) is 0.893. The van der Waals surface area contributed by atoms with Crippen LogP contribution in [0.3, 0.4) is 0 Å². The number of ether oxygens (including phenoxy) is 1. The van der Waals surface area contributed by atoms with Crippen LogP contribution in [0.25, 0.3) is 11.3 Å². The molecular formula is C17H19N3O4. The summed E-state index contributed by atoms with van der Waals surface area (Å²) in [5, 5.41) is 16.0. The first kappa shape index (κ1) is 16.2. The normalized spacial score (nSPS) is 20.8. The number of nitrogens with zero attached hydrogens (tertiary/aromatic N) is 2. The number of hydrogen-bond acceptors (Lipinski definition) is 4. The summed E-state index contributed by atoms with van der Waals surface area (Å²) in [6.07, 6.45) is -1.33. The third-order valence-electron chi connectivity index (χ3n) is 3.98. The molecule has 1 aromatic heterocycles. The first-order chi connectivity index (χ1) is 11.4. The molecule has 7 nitrogen and oxygen atoms in total. The maximum absolute atomic E-state index is 12.6. The Morgan fingerprint density at radius 3 is 2.67 bits per heavy atom. The van der Waals surface area contributed by atoms with Crippen molar-refractivity contribution >= 4 is 11.9 Å². The van der Waals surface area contributed by atoms with Gasteiger partial charge in [-0.05, 0) is 19.9 Å². The molecule has 1 fully saturated rings. The summed E-state index contributed by atoms with van der Waals surface area (Å²) in [5.41, 5.74) is 3.07. The molecule has 2 N–H and O–H groups in total. The largest absolute Gasteiger partial charge is 0.479 e. The predicted molar refractivity (Wildman–Crippen MR) is 86.6 cm³/mol. The first-order valence-electron chi connectivity index (χ1n) is 7.74. The number of aromatic nitrogens is 2. The lowest BCUT2D eigenvalue weighted by Crippen LogP contribution is -2.51. The van der Waals surface area contributed by atoms with Gasteiger partial charge < -0.3 is 14.7 Å². The summed E-state index contributed by atoms with van der Waals surface area (Å²) in [6, 6.07) is 9.52. The number of H-pyrrole nitrogens is 1. The number of aromatic amines is 1. The van der Waals surface area contributed by atoms with Crippen molar-refractivity contribution in [3.63, 3.8) is 0 Å². The van der Waals surface area contributed by atoms with E-state index in [9.17, 15) is 9.59 Å². The Hall–Kier alpha value is -2.67. The summed E-state index contributed by atoms with van der Waals surface area (Å²) < 4.78 is 5.33. The molecule has 0 spiro atoms. The van der Waals surface area contributed by atoms with Crippen molar-refractivity contribution in [3.05, 3.63) is 41.6 Å². The highest BCUT2D eigenvalue weighted by molar-refractivity contribution is 5.94. The van der Waals surface area contributed by atoms with E-state index in [4.69, 9.17) is 9.84 Å².